The second-order valence-electron chi connectivity index (χ2n) is 8.31. The van der Waals surface area contributed by atoms with Crippen LogP contribution < -0.4 is 0 Å². The molecule has 0 aromatic rings. The Morgan fingerprint density at radius 3 is 2.54 bits per heavy atom. The van der Waals surface area contributed by atoms with Crippen LogP contribution in [0.3, 0.4) is 0 Å². The highest BCUT2D eigenvalue weighted by Gasteiger charge is 2.33. The summed E-state index contributed by atoms with van der Waals surface area (Å²) in [4.78, 5) is 11.4. The average Bonchev–Trinajstić information content (AvgIpc) is 2.90. The van der Waals surface area contributed by atoms with Crippen molar-refractivity contribution in [1.29, 1.82) is 0 Å². The lowest BCUT2D eigenvalue weighted by Crippen LogP contribution is -2.23. The first-order chi connectivity index (χ1) is 13.3. The number of aliphatic hydroxyl groups excluding tert-OH is 2. The zero-order valence-electron chi connectivity index (χ0n) is 18.0. The Hall–Kier alpha value is -1.17. The maximum atomic E-state index is 11.4. The summed E-state index contributed by atoms with van der Waals surface area (Å²) in [6, 6.07) is 0. The largest absolute Gasteiger partial charge is 0.431 e. The molecule has 5 nitrogen and oxygen atoms in total. The van der Waals surface area contributed by atoms with Crippen molar-refractivity contribution in [3.05, 3.63) is 23.5 Å². The van der Waals surface area contributed by atoms with Crippen LogP contribution in [-0.4, -0.2) is 39.6 Å². The van der Waals surface area contributed by atoms with Crippen LogP contribution in [0.5, 0.6) is 0 Å². The number of carbonyl (C=O) groups is 1. The van der Waals surface area contributed by atoms with Crippen LogP contribution in [0.4, 0.5) is 0 Å². The molecule has 0 spiro atoms. The molecule has 3 N–H and O–H groups in total. The molecule has 1 aliphatic rings. The normalized spacial score (nSPS) is 22.1. The average molecular weight is 397 g/mol. The van der Waals surface area contributed by atoms with Crippen LogP contribution in [-0.2, 0) is 9.53 Å². The van der Waals surface area contributed by atoms with E-state index in [2.05, 4.69) is 6.92 Å². The predicted molar refractivity (Wildman–Crippen MR) is 112 cm³/mol. The number of rotatable bonds is 14. The quantitative estimate of drug-likeness (QED) is 0.230. The molecule has 0 fully saturated rings. The summed E-state index contributed by atoms with van der Waals surface area (Å²) in [6.45, 7) is 5.59. The smallest absolute Gasteiger partial charge is 0.307 e. The van der Waals surface area contributed by atoms with Gasteiger partial charge in [0, 0.05) is 25.9 Å². The molecule has 0 radical (unpaired) electrons. The first-order valence-corrected chi connectivity index (χ1v) is 10.9. The van der Waals surface area contributed by atoms with Gasteiger partial charge in [-0.05, 0) is 44.6 Å². The van der Waals surface area contributed by atoms with Crippen molar-refractivity contribution in [2.24, 2.45) is 5.92 Å². The van der Waals surface area contributed by atoms with Crippen molar-refractivity contribution in [2.45, 2.75) is 103 Å². The van der Waals surface area contributed by atoms with E-state index in [0.29, 0.717) is 18.6 Å². The van der Waals surface area contributed by atoms with E-state index < -0.39 is 11.7 Å². The number of ether oxygens (including phenoxy) is 1. The highest BCUT2D eigenvalue weighted by atomic mass is 16.5. The van der Waals surface area contributed by atoms with Crippen LogP contribution in [0.2, 0.25) is 0 Å². The van der Waals surface area contributed by atoms with Gasteiger partial charge in [-0.15, -0.1) is 0 Å². The van der Waals surface area contributed by atoms with Crippen molar-refractivity contribution in [2.75, 3.05) is 6.61 Å². The summed E-state index contributed by atoms with van der Waals surface area (Å²) in [7, 11) is 0. The van der Waals surface area contributed by atoms with Crippen molar-refractivity contribution in [3.63, 3.8) is 0 Å². The first-order valence-electron chi connectivity index (χ1n) is 10.9. The summed E-state index contributed by atoms with van der Waals surface area (Å²) in [5, 5.41) is 29.8. The van der Waals surface area contributed by atoms with Gasteiger partial charge in [0.15, 0.2) is 0 Å². The van der Waals surface area contributed by atoms with E-state index in [4.69, 9.17) is 9.84 Å². The van der Waals surface area contributed by atoms with Gasteiger partial charge in [-0.1, -0.05) is 51.2 Å². The number of hydrogen-bond acceptors (Lipinski definition) is 5. The third-order valence-corrected chi connectivity index (χ3v) is 5.41. The van der Waals surface area contributed by atoms with Gasteiger partial charge in [0.1, 0.15) is 5.76 Å². The van der Waals surface area contributed by atoms with Crippen LogP contribution >= 0.6 is 0 Å². The zero-order valence-corrected chi connectivity index (χ0v) is 18.0. The summed E-state index contributed by atoms with van der Waals surface area (Å²) in [6.07, 6.45) is 12.8. The van der Waals surface area contributed by atoms with E-state index in [0.717, 1.165) is 63.4 Å². The van der Waals surface area contributed by atoms with Crippen LogP contribution in [0.1, 0.15) is 91.4 Å². The lowest BCUT2D eigenvalue weighted by Gasteiger charge is -2.22. The minimum Gasteiger partial charge on any atom is -0.431 e. The molecule has 1 rings (SSSR count). The van der Waals surface area contributed by atoms with Gasteiger partial charge in [0.2, 0.25) is 0 Å². The van der Waals surface area contributed by atoms with Crippen molar-refractivity contribution >= 4 is 5.97 Å². The van der Waals surface area contributed by atoms with Gasteiger partial charge in [-0.25, -0.2) is 0 Å². The Kier molecular flexibility index (Phi) is 11.7. The SMILES string of the molecule is CCCCC(C)(O)CC=C[C@@H]1C(CCCCCCCO)=C(OC(C)=O)C[C@H]1O. The Balaban J connectivity index is 2.72. The van der Waals surface area contributed by atoms with E-state index in [9.17, 15) is 15.0 Å². The Bertz CT molecular complexity index is 521. The molecule has 0 bridgehead atoms. The van der Waals surface area contributed by atoms with E-state index in [1.54, 1.807) is 0 Å². The van der Waals surface area contributed by atoms with Crippen LogP contribution in [0.25, 0.3) is 0 Å². The monoisotopic (exact) mass is 396 g/mol. The van der Waals surface area contributed by atoms with Crippen LogP contribution in [0.15, 0.2) is 23.5 Å². The van der Waals surface area contributed by atoms with E-state index in [1.165, 1.54) is 6.92 Å². The molecule has 0 aromatic heterocycles. The topological polar surface area (TPSA) is 87.0 Å². The summed E-state index contributed by atoms with van der Waals surface area (Å²) in [5.74, 6) is 0.103. The molecule has 5 heteroatoms. The van der Waals surface area contributed by atoms with Crippen molar-refractivity contribution in [3.8, 4) is 0 Å². The maximum Gasteiger partial charge on any atom is 0.307 e. The molecule has 162 valence electrons. The highest BCUT2D eigenvalue weighted by molar-refractivity contribution is 5.67. The predicted octanol–water partition coefficient (Wildman–Crippen LogP) is 4.40. The molecule has 1 aliphatic carbocycles. The van der Waals surface area contributed by atoms with Gasteiger partial charge in [0.05, 0.1) is 11.7 Å². The molecule has 0 aliphatic heterocycles. The first kappa shape index (κ1) is 24.9. The molecule has 28 heavy (non-hydrogen) atoms. The minimum atomic E-state index is -0.731. The van der Waals surface area contributed by atoms with Gasteiger partial charge < -0.3 is 20.1 Å². The number of unbranched alkanes of at least 4 members (excludes halogenated alkanes) is 5. The Morgan fingerprint density at radius 2 is 1.89 bits per heavy atom. The molecular weight excluding hydrogens is 356 g/mol. The molecule has 0 amide bonds. The molecule has 0 heterocycles. The fourth-order valence-corrected chi connectivity index (χ4v) is 3.78. The number of hydrogen-bond donors (Lipinski definition) is 3. The maximum absolute atomic E-state index is 11.4. The molecule has 0 saturated carbocycles. The molecule has 0 aromatic carbocycles. The standard InChI is InChI=1S/C23H40O5/c1-4-5-14-23(3,27)15-11-13-19-20(12-9-7-6-8-10-16-24)22(17-21(19)26)28-18(2)25/h11,13,19,21,24,26-27H,4-10,12,14-17H2,1-3H3/t19-,21-,23?/m1/s1. The number of esters is 1. The minimum absolute atomic E-state index is 0.159. The molecule has 0 saturated heterocycles. The fraction of sp³-hybridized carbons (Fsp3) is 0.783. The van der Waals surface area contributed by atoms with Gasteiger partial charge >= 0.3 is 5.97 Å². The Morgan fingerprint density at radius 1 is 1.21 bits per heavy atom. The lowest BCUT2D eigenvalue weighted by molar-refractivity contribution is -0.137. The number of aliphatic hydroxyl groups is 3. The lowest BCUT2D eigenvalue weighted by atomic mass is 9.91. The van der Waals surface area contributed by atoms with E-state index in [1.807, 2.05) is 19.1 Å². The summed E-state index contributed by atoms with van der Waals surface area (Å²) >= 11 is 0. The van der Waals surface area contributed by atoms with Gasteiger partial charge in [-0.3, -0.25) is 4.79 Å². The fourth-order valence-electron chi connectivity index (χ4n) is 3.78. The van der Waals surface area contributed by atoms with Gasteiger partial charge in [-0.2, -0.15) is 0 Å². The number of carbonyl (C=O) groups excluding carboxylic acids is 1. The van der Waals surface area contributed by atoms with Crippen LogP contribution in [0, 0.1) is 5.92 Å². The summed E-state index contributed by atoms with van der Waals surface area (Å²) in [5.41, 5.74) is 0.278. The highest BCUT2D eigenvalue weighted by Crippen LogP contribution is 2.37. The second kappa shape index (κ2) is 13.1. The van der Waals surface area contributed by atoms with E-state index >= 15 is 0 Å². The summed E-state index contributed by atoms with van der Waals surface area (Å²) < 4.78 is 5.38. The van der Waals surface area contributed by atoms with Crippen molar-refractivity contribution < 1.29 is 24.9 Å². The van der Waals surface area contributed by atoms with Gasteiger partial charge in [0.25, 0.3) is 0 Å². The Labute approximate surface area is 170 Å². The molecular formula is C23H40O5. The second-order valence-corrected chi connectivity index (χ2v) is 8.31. The third kappa shape index (κ3) is 9.35. The molecule has 1 unspecified atom stereocenters. The third-order valence-electron chi connectivity index (χ3n) is 5.41. The van der Waals surface area contributed by atoms with Crippen molar-refractivity contribution in [1.82, 2.24) is 0 Å². The van der Waals surface area contributed by atoms with E-state index in [-0.39, 0.29) is 18.5 Å². The zero-order chi connectivity index (χ0) is 21.0. The molecule has 3 atom stereocenters.